The van der Waals surface area contributed by atoms with Crippen molar-refractivity contribution in [2.24, 2.45) is 0 Å². The van der Waals surface area contributed by atoms with E-state index in [4.69, 9.17) is 14.9 Å². The molecule has 4 N–H and O–H groups in total. The molecule has 0 unspecified atom stereocenters. The zero-order valence-corrected chi connectivity index (χ0v) is 10.4. The summed E-state index contributed by atoms with van der Waals surface area (Å²) in [7, 11) is 1.53. The lowest BCUT2D eigenvalue weighted by Crippen LogP contribution is -2.41. The summed E-state index contributed by atoms with van der Waals surface area (Å²) in [5, 5.41) is 22.2. The van der Waals surface area contributed by atoms with Gasteiger partial charge in [-0.3, -0.25) is 0 Å². The van der Waals surface area contributed by atoms with E-state index in [1.165, 1.54) is 7.11 Å². The molecule has 0 aromatic heterocycles. The summed E-state index contributed by atoms with van der Waals surface area (Å²) in [5.74, 6) is -0.738. The van der Waals surface area contributed by atoms with Crippen molar-refractivity contribution in [3.8, 4) is 5.75 Å². The number of para-hydroxylation sites is 1. The molecule has 0 aliphatic heterocycles. The summed E-state index contributed by atoms with van der Waals surface area (Å²) in [6.45, 7) is -0.119. The Balaban J connectivity index is 2.40. The highest BCUT2D eigenvalue weighted by atomic mass is 16.5. The first kappa shape index (κ1) is 14.8. The number of aliphatic carboxylic acids is 1. The van der Waals surface area contributed by atoms with Crippen molar-refractivity contribution in [3.05, 3.63) is 29.8 Å². The van der Waals surface area contributed by atoms with Gasteiger partial charge in [-0.2, -0.15) is 0 Å². The molecule has 0 radical (unpaired) electrons. The van der Waals surface area contributed by atoms with Gasteiger partial charge in [0.05, 0.1) is 13.7 Å². The van der Waals surface area contributed by atoms with E-state index in [1.54, 1.807) is 12.1 Å². The smallest absolute Gasteiger partial charge is 0.334 e. The first-order valence-corrected chi connectivity index (χ1v) is 5.59. The Hall–Kier alpha value is -2.28. The molecular weight excluding hydrogens is 252 g/mol. The molecule has 0 fully saturated rings. The molecule has 1 rings (SSSR count). The topological polar surface area (TPSA) is 108 Å². The summed E-state index contributed by atoms with van der Waals surface area (Å²) < 4.78 is 5.12. The molecule has 0 aliphatic carbocycles. The van der Waals surface area contributed by atoms with Crippen molar-refractivity contribution in [1.29, 1.82) is 0 Å². The van der Waals surface area contributed by atoms with Gasteiger partial charge in [-0.15, -0.1) is 0 Å². The summed E-state index contributed by atoms with van der Waals surface area (Å²) in [4.78, 5) is 21.7. The molecule has 0 bridgehead atoms. The average Bonchev–Trinajstić information content (AvgIpc) is 2.42. The number of carboxylic acid groups (broad SMARTS) is 1. The van der Waals surface area contributed by atoms with Crippen molar-refractivity contribution in [2.75, 3.05) is 13.7 Å². The minimum atomic E-state index is -1.61. The van der Waals surface area contributed by atoms with Gasteiger partial charge in [0.15, 0.2) is 6.10 Å². The van der Waals surface area contributed by atoms with Crippen LogP contribution in [0.25, 0.3) is 0 Å². The Kier molecular flexibility index (Phi) is 5.62. The predicted molar refractivity (Wildman–Crippen MR) is 66.9 cm³/mol. The lowest BCUT2D eigenvalue weighted by Gasteiger charge is -2.11. The number of ether oxygens (including phenoxy) is 1. The molecular formula is C12H16N2O5. The van der Waals surface area contributed by atoms with E-state index in [-0.39, 0.29) is 13.1 Å². The number of rotatable bonds is 6. The molecule has 7 nitrogen and oxygen atoms in total. The number of hydrogen-bond donors (Lipinski definition) is 4. The highest BCUT2D eigenvalue weighted by Crippen LogP contribution is 2.16. The third kappa shape index (κ3) is 4.84. The Morgan fingerprint density at radius 3 is 2.63 bits per heavy atom. The first-order chi connectivity index (χ1) is 9.04. The van der Waals surface area contributed by atoms with Crippen LogP contribution in [0, 0.1) is 0 Å². The first-order valence-electron chi connectivity index (χ1n) is 5.59. The van der Waals surface area contributed by atoms with Crippen molar-refractivity contribution in [3.63, 3.8) is 0 Å². The predicted octanol–water partition coefficient (Wildman–Crippen LogP) is -0.0601. The highest BCUT2D eigenvalue weighted by molar-refractivity contribution is 5.76. The summed E-state index contributed by atoms with van der Waals surface area (Å²) in [6.07, 6.45) is -1.61. The summed E-state index contributed by atoms with van der Waals surface area (Å²) in [6, 6.07) is 6.62. The Morgan fingerprint density at radius 1 is 1.32 bits per heavy atom. The Labute approximate surface area is 110 Å². The molecule has 0 aliphatic rings. The van der Waals surface area contributed by atoms with Gasteiger partial charge in [0, 0.05) is 12.1 Å². The second kappa shape index (κ2) is 7.22. The van der Waals surface area contributed by atoms with E-state index in [0.717, 1.165) is 5.56 Å². The average molecular weight is 268 g/mol. The van der Waals surface area contributed by atoms with Crippen LogP contribution in [0.5, 0.6) is 5.75 Å². The molecule has 0 saturated carbocycles. The quantitative estimate of drug-likeness (QED) is 0.578. The molecule has 0 spiro atoms. The van der Waals surface area contributed by atoms with Crippen LogP contribution < -0.4 is 15.4 Å². The van der Waals surface area contributed by atoms with E-state index in [1.807, 2.05) is 12.1 Å². The van der Waals surface area contributed by atoms with E-state index < -0.39 is 18.1 Å². The number of carboxylic acids is 1. The molecule has 2 amide bonds. The van der Waals surface area contributed by atoms with Crippen LogP contribution in [-0.4, -0.2) is 42.0 Å². The fourth-order valence-electron chi connectivity index (χ4n) is 1.36. The van der Waals surface area contributed by atoms with Crippen LogP contribution >= 0.6 is 0 Å². The largest absolute Gasteiger partial charge is 0.496 e. The normalized spacial score (nSPS) is 11.5. The highest BCUT2D eigenvalue weighted by Gasteiger charge is 2.13. The fourth-order valence-corrected chi connectivity index (χ4v) is 1.36. The number of methoxy groups -OCH3 is 1. The van der Waals surface area contributed by atoms with Gasteiger partial charge in [-0.05, 0) is 6.07 Å². The molecule has 1 atom stereocenters. The molecule has 7 heteroatoms. The zero-order chi connectivity index (χ0) is 14.3. The van der Waals surface area contributed by atoms with Crippen molar-refractivity contribution in [2.45, 2.75) is 12.6 Å². The standard InChI is InChI=1S/C12H16N2O5/c1-19-10-5-3-2-4-8(10)6-13-12(18)14-7-9(15)11(16)17/h2-5,9,15H,6-7H2,1H3,(H,16,17)(H2,13,14,18)/t9-/m0/s1. The van der Waals surface area contributed by atoms with Crippen molar-refractivity contribution in [1.82, 2.24) is 10.6 Å². The maximum Gasteiger partial charge on any atom is 0.334 e. The van der Waals surface area contributed by atoms with Gasteiger partial charge in [0.1, 0.15) is 5.75 Å². The minimum Gasteiger partial charge on any atom is -0.496 e. The van der Waals surface area contributed by atoms with E-state index in [9.17, 15) is 9.59 Å². The van der Waals surface area contributed by atoms with Gasteiger partial charge in [0.2, 0.25) is 0 Å². The number of hydrogen-bond acceptors (Lipinski definition) is 4. The zero-order valence-electron chi connectivity index (χ0n) is 10.4. The summed E-state index contributed by atoms with van der Waals surface area (Å²) in [5.41, 5.74) is 0.791. The second-order valence-corrected chi connectivity index (χ2v) is 3.73. The maximum atomic E-state index is 11.4. The lowest BCUT2D eigenvalue weighted by atomic mass is 10.2. The molecule has 1 aromatic rings. The van der Waals surface area contributed by atoms with Crippen LogP contribution in [-0.2, 0) is 11.3 Å². The number of aliphatic hydroxyl groups excluding tert-OH is 1. The van der Waals surface area contributed by atoms with Crippen LogP contribution in [0.1, 0.15) is 5.56 Å². The summed E-state index contributed by atoms with van der Waals surface area (Å²) >= 11 is 0. The molecule has 0 heterocycles. The molecule has 0 saturated heterocycles. The van der Waals surface area contributed by atoms with Crippen LogP contribution in [0.2, 0.25) is 0 Å². The van der Waals surface area contributed by atoms with Gasteiger partial charge < -0.3 is 25.6 Å². The number of aliphatic hydroxyl groups is 1. The van der Waals surface area contributed by atoms with Gasteiger partial charge in [0.25, 0.3) is 0 Å². The van der Waals surface area contributed by atoms with Crippen LogP contribution in [0.15, 0.2) is 24.3 Å². The van der Waals surface area contributed by atoms with Gasteiger partial charge >= 0.3 is 12.0 Å². The molecule has 19 heavy (non-hydrogen) atoms. The number of urea groups is 1. The maximum absolute atomic E-state index is 11.4. The Morgan fingerprint density at radius 2 is 2.00 bits per heavy atom. The minimum absolute atomic E-state index is 0.235. The lowest BCUT2D eigenvalue weighted by molar-refractivity contribution is -0.146. The van der Waals surface area contributed by atoms with Crippen molar-refractivity contribution < 1.29 is 24.5 Å². The number of benzene rings is 1. The number of amides is 2. The Bertz CT molecular complexity index is 450. The monoisotopic (exact) mass is 268 g/mol. The second-order valence-electron chi connectivity index (χ2n) is 3.73. The van der Waals surface area contributed by atoms with Crippen LogP contribution in [0.3, 0.4) is 0 Å². The number of nitrogens with one attached hydrogen (secondary N) is 2. The molecule has 104 valence electrons. The number of carbonyl (C=O) groups is 2. The van der Waals surface area contributed by atoms with Gasteiger partial charge in [-0.25, -0.2) is 9.59 Å². The molecule has 1 aromatic carbocycles. The van der Waals surface area contributed by atoms with E-state index in [0.29, 0.717) is 5.75 Å². The fraction of sp³-hybridized carbons (Fsp3) is 0.333. The van der Waals surface area contributed by atoms with E-state index >= 15 is 0 Å². The number of carbonyl (C=O) groups excluding carboxylic acids is 1. The third-order valence-electron chi connectivity index (χ3n) is 2.37. The SMILES string of the molecule is COc1ccccc1CNC(=O)NC[C@H](O)C(=O)O. The van der Waals surface area contributed by atoms with Crippen LogP contribution in [0.4, 0.5) is 4.79 Å². The van der Waals surface area contributed by atoms with Gasteiger partial charge in [-0.1, -0.05) is 18.2 Å². The third-order valence-corrected chi connectivity index (χ3v) is 2.37. The van der Waals surface area contributed by atoms with E-state index in [2.05, 4.69) is 10.6 Å². The van der Waals surface area contributed by atoms with Crippen molar-refractivity contribution >= 4 is 12.0 Å².